The number of rotatable bonds is 8. The lowest BCUT2D eigenvalue weighted by molar-refractivity contribution is -0.143. The Hall–Kier alpha value is -3.46. The van der Waals surface area contributed by atoms with E-state index in [1.165, 1.54) is 26.9 Å². The van der Waals surface area contributed by atoms with Crippen LogP contribution in [-0.2, 0) is 29.0 Å². The van der Waals surface area contributed by atoms with Crippen LogP contribution in [0.1, 0.15) is 66.1 Å². The molecule has 0 saturated carbocycles. The fourth-order valence-corrected chi connectivity index (χ4v) is 7.36. The van der Waals surface area contributed by atoms with Crippen molar-refractivity contribution in [2.75, 3.05) is 30.6 Å². The minimum Gasteiger partial charge on any atom is -0.466 e. The van der Waals surface area contributed by atoms with Crippen LogP contribution in [0.25, 0.3) is 10.1 Å². The molecule has 214 valence electrons. The Bertz CT molecular complexity index is 1570. The number of thiophene rings is 1. The summed E-state index contributed by atoms with van der Waals surface area (Å²) in [6, 6.07) is 15.4. The fraction of sp³-hybridized carbons (Fsp3) is 0.394. The number of aromatic nitrogens is 1. The third-order valence-corrected chi connectivity index (χ3v) is 9.66. The maximum absolute atomic E-state index is 13.0. The van der Waals surface area contributed by atoms with Crippen LogP contribution >= 0.6 is 11.3 Å². The summed E-state index contributed by atoms with van der Waals surface area (Å²) in [5.74, 6) is 0.311. The van der Waals surface area contributed by atoms with E-state index in [9.17, 15) is 4.79 Å². The Morgan fingerprint density at radius 2 is 2.10 bits per heavy atom. The standard InChI is InChI=1S/C33H39N5O2S/c1-5-22-14-23-8-7-12-34-29(23)20-38(18-22)19-26-16-25(15-24-11-13-41-33(24)26)28(17-31(39)40-6-2)27-9-10-30-32(21(27)3)35-36-37(30)4/h7-13,15-16,22,28,35-36H,5-6,14,17-20H2,1-4H3/t22-,28-/m0/s1. The molecule has 6 rings (SSSR count). The predicted octanol–water partition coefficient (Wildman–Crippen LogP) is 6.56. The summed E-state index contributed by atoms with van der Waals surface area (Å²) in [5, 5.41) is 5.38. The molecule has 4 heterocycles. The number of hydrazine groups is 2. The second-order valence-corrected chi connectivity index (χ2v) is 12.2. The molecule has 0 spiro atoms. The van der Waals surface area contributed by atoms with E-state index in [4.69, 9.17) is 9.72 Å². The van der Waals surface area contributed by atoms with Gasteiger partial charge in [-0.1, -0.05) is 31.5 Å². The zero-order chi connectivity index (χ0) is 28.5. The molecule has 2 aliphatic heterocycles. The zero-order valence-electron chi connectivity index (χ0n) is 24.4. The quantitative estimate of drug-likeness (QED) is 0.233. The molecule has 0 amide bonds. The largest absolute Gasteiger partial charge is 0.466 e. The molecule has 0 radical (unpaired) electrons. The van der Waals surface area contributed by atoms with Gasteiger partial charge in [-0.3, -0.25) is 19.7 Å². The number of esters is 1. The first-order chi connectivity index (χ1) is 19.9. The van der Waals surface area contributed by atoms with Crippen molar-refractivity contribution in [1.82, 2.24) is 15.4 Å². The predicted molar refractivity (Wildman–Crippen MR) is 167 cm³/mol. The van der Waals surface area contributed by atoms with E-state index in [1.54, 1.807) is 11.3 Å². The molecule has 0 aliphatic carbocycles. The van der Waals surface area contributed by atoms with Crippen LogP contribution < -0.4 is 16.0 Å². The highest BCUT2D eigenvalue weighted by Gasteiger charge is 2.28. The van der Waals surface area contributed by atoms with E-state index in [-0.39, 0.29) is 11.9 Å². The summed E-state index contributed by atoms with van der Waals surface area (Å²) in [7, 11) is 1.99. The molecule has 7 nitrogen and oxygen atoms in total. The summed E-state index contributed by atoms with van der Waals surface area (Å²) in [6.07, 6.45) is 4.45. The topological polar surface area (TPSA) is 69.7 Å². The lowest BCUT2D eigenvalue weighted by Crippen LogP contribution is -2.31. The highest BCUT2D eigenvalue weighted by molar-refractivity contribution is 7.17. The Labute approximate surface area is 246 Å². The Kier molecular flexibility index (Phi) is 7.97. The van der Waals surface area contributed by atoms with Gasteiger partial charge in [0, 0.05) is 43.5 Å². The third-order valence-electron chi connectivity index (χ3n) is 8.65. The molecule has 2 aliphatic rings. The van der Waals surface area contributed by atoms with Crippen LogP contribution in [0.15, 0.2) is 54.0 Å². The molecule has 41 heavy (non-hydrogen) atoms. The molecule has 0 fully saturated rings. The van der Waals surface area contributed by atoms with E-state index < -0.39 is 0 Å². The SMILES string of the molecule is CCOC(=O)C[C@@H](c1cc(CN2Cc3ncccc3C[C@H](CC)C2)c2sccc2c1)c1ccc2c(c1C)NNN2C. The lowest BCUT2D eigenvalue weighted by Gasteiger charge is -2.26. The second-order valence-electron chi connectivity index (χ2n) is 11.3. The Balaban J connectivity index is 1.40. The van der Waals surface area contributed by atoms with Gasteiger partial charge in [0.2, 0.25) is 0 Å². The number of anilines is 2. The van der Waals surface area contributed by atoms with Crippen LogP contribution in [0.2, 0.25) is 0 Å². The average Bonchev–Trinajstić information content (AvgIpc) is 3.55. The summed E-state index contributed by atoms with van der Waals surface area (Å²) >= 11 is 1.80. The van der Waals surface area contributed by atoms with Crippen LogP contribution in [0.4, 0.5) is 11.4 Å². The number of pyridine rings is 1. The van der Waals surface area contributed by atoms with Crippen LogP contribution in [0, 0.1) is 12.8 Å². The molecule has 2 aromatic carbocycles. The van der Waals surface area contributed by atoms with E-state index in [0.717, 1.165) is 60.5 Å². The summed E-state index contributed by atoms with van der Waals surface area (Å²) < 4.78 is 6.79. The molecule has 8 heteroatoms. The normalized spacial score (nSPS) is 17.6. The van der Waals surface area contributed by atoms with Gasteiger partial charge in [-0.2, -0.15) is 0 Å². The molecule has 0 bridgehead atoms. The van der Waals surface area contributed by atoms with Gasteiger partial charge in [0.15, 0.2) is 0 Å². The lowest BCUT2D eigenvalue weighted by atomic mass is 9.84. The Morgan fingerprint density at radius 3 is 2.93 bits per heavy atom. The summed E-state index contributed by atoms with van der Waals surface area (Å²) in [5.41, 5.74) is 16.0. The van der Waals surface area contributed by atoms with Crippen molar-refractivity contribution in [3.63, 3.8) is 0 Å². The first-order valence-electron chi connectivity index (χ1n) is 14.6. The summed E-state index contributed by atoms with van der Waals surface area (Å²) in [6.45, 7) is 9.43. The van der Waals surface area contributed by atoms with E-state index in [1.807, 2.05) is 25.2 Å². The maximum atomic E-state index is 13.0. The van der Waals surface area contributed by atoms with Crippen molar-refractivity contribution in [2.45, 2.75) is 59.0 Å². The molecule has 0 unspecified atom stereocenters. The molecular formula is C33H39N5O2S. The smallest absolute Gasteiger partial charge is 0.306 e. The highest BCUT2D eigenvalue weighted by atomic mass is 32.1. The number of ether oxygens (including phenoxy) is 1. The van der Waals surface area contributed by atoms with Crippen molar-refractivity contribution >= 4 is 38.8 Å². The monoisotopic (exact) mass is 569 g/mol. The molecular weight excluding hydrogens is 530 g/mol. The zero-order valence-corrected chi connectivity index (χ0v) is 25.2. The van der Waals surface area contributed by atoms with Crippen molar-refractivity contribution in [3.05, 3.63) is 87.6 Å². The number of hydrogen-bond donors (Lipinski definition) is 2. The van der Waals surface area contributed by atoms with E-state index in [0.29, 0.717) is 18.9 Å². The van der Waals surface area contributed by atoms with Gasteiger partial charge >= 0.3 is 5.97 Å². The van der Waals surface area contributed by atoms with Gasteiger partial charge in [0.1, 0.15) is 0 Å². The summed E-state index contributed by atoms with van der Waals surface area (Å²) in [4.78, 5) is 20.3. The number of benzene rings is 2. The minimum atomic E-state index is -0.173. The van der Waals surface area contributed by atoms with E-state index in [2.05, 4.69) is 77.6 Å². The number of nitrogens with one attached hydrogen (secondary N) is 2. The van der Waals surface area contributed by atoms with Crippen molar-refractivity contribution in [1.29, 1.82) is 0 Å². The van der Waals surface area contributed by atoms with Gasteiger partial charge in [-0.15, -0.1) is 16.9 Å². The number of carbonyl (C=O) groups is 1. The van der Waals surface area contributed by atoms with Crippen molar-refractivity contribution in [2.24, 2.45) is 5.92 Å². The van der Waals surface area contributed by atoms with Crippen LogP contribution in [0.5, 0.6) is 0 Å². The van der Waals surface area contributed by atoms with E-state index >= 15 is 0 Å². The minimum absolute atomic E-state index is 0.120. The number of nitrogens with zero attached hydrogens (tertiary/aromatic N) is 3. The van der Waals surface area contributed by atoms with Gasteiger partial charge in [0.25, 0.3) is 0 Å². The van der Waals surface area contributed by atoms with Gasteiger partial charge in [-0.05, 0) is 89.0 Å². The molecule has 0 saturated heterocycles. The van der Waals surface area contributed by atoms with Gasteiger partial charge in [-0.25, -0.2) is 0 Å². The average molecular weight is 570 g/mol. The van der Waals surface area contributed by atoms with Crippen molar-refractivity contribution < 1.29 is 9.53 Å². The molecule has 2 N–H and O–H groups in total. The molecule has 2 atom stereocenters. The third kappa shape index (κ3) is 5.56. The van der Waals surface area contributed by atoms with Crippen LogP contribution in [-0.4, -0.2) is 36.1 Å². The first-order valence-corrected chi connectivity index (χ1v) is 15.5. The number of carbonyl (C=O) groups excluding carboxylic acids is 1. The maximum Gasteiger partial charge on any atom is 0.306 e. The molecule has 4 aromatic rings. The first kappa shape index (κ1) is 27.7. The van der Waals surface area contributed by atoms with Gasteiger partial charge < -0.3 is 10.2 Å². The van der Waals surface area contributed by atoms with Crippen molar-refractivity contribution in [3.8, 4) is 0 Å². The fourth-order valence-electron chi connectivity index (χ4n) is 6.47. The number of fused-ring (bicyclic) bond motifs is 3. The van der Waals surface area contributed by atoms with Gasteiger partial charge in [0.05, 0.1) is 30.1 Å². The molecule has 2 aromatic heterocycles. The second kappa shape index (κ2) is 11.8. The van der Waals surface area contributed by atoms with Crippen LogP contribution in [0.3, 0.4) is 0 Å². The highest BCUT2D eigenvalue weighted by Crippen LogP contribution is 2.41. The Morgan fingerprint density at radius 1 is 1.22 bits per heavy atom. The number of hydrogen-bond acceptors (Lipinski definition) is 8.